The summed E-state index contributed by atoms with van der Waals surface area (Å²) in [5.41, 5.74) is 3.71. The number of nitrogens with zero attached hydrogens (tertiary/aromatic N) is 1. The average molecular weight is 298 g/mol. The lowest BCUT2D eigenvalue weighted by atomic mass is 10.2. The lowest BCUT2D eigenvalue weighted by Crippen LogP contribution is -2.18. The van der Waals surface area contributed by atoms with Crippen molar-refractivity contribution in [1.82, 2.24) is 5.43 Å². The van der Waals surface area contributed by atoms with Gasteiger partial charge in [-0.1, -0.05) is 24.3 Å². The molecule has 0 heterocycles. The Balaban J connectivity index is 2.08. The van der Waals surface area contributed by atoms with Crippen LogP contribution in [-0.2, 0) is 0 Å². The molecule has 0 saturated heterocycles. The Kier molecular flexibility index (Phi) is 5.54. The van der Waals surface area contributed by atoms with Gasteiger partial charge in [-0.3, -0.25) is 4.79 Å². The summed E-state index contributed by atoms with van der Waals surface area (Å²) < 4.78 is 10.6. The number of amides is 1. The third-order valence-corrected chi connectivity index (χ3v) is 2.94. The van der Waals surface area contributed by atoms with Gasteiger partial charge in [0.1, 0.15) is 11.5 Å². The van der Waals surface area contributed by atoms with Crippen molar-refractivity contribution in [3.8, 4) is 11.5 Å². The molecule has 5 heteroatoms. The zero-order valence-electron chi connectivity index (χ0n) is 12.6. The van der Waals surface area contributed by atoms with Crippen molar-refractivity contribution in [2.75, 3.05) is 13.7 Å². The van der Waals surface area contributed by atoms with Gasteiger partial charge in [0.25, 0.3) is 5.91 Å². The number of nitrogens with one attached hydrogen (secondary N) is 1. The Bertz CT molecular complexity index is 668. The highest BCUT2D eigenvalue weighted by atomic mass is 16.5. The van der Waals surface area contributed by atoms with Gasteiger partial charge >= 0.3 is 0 Å². The van der Waals surface area contributed by atoms with Gasteiger partial charge in [0.05, 0.1) is 25.5 Å². The van der Waals surface area contributed by atoms with E-state index in [4.69, 9.17) is 9.47 Å². The fraction of sp³-hybridized carbons (Fsp3) is 0.176. The zero-order valence-corrected chi connectivity index (χ0v) is 12.6. The van der Waals surface area contributed by atoms with Crippen molar-refractivity contribution < 1.29 is 14.3 Å². The van der Waals surface area contributed by atoms with Gasteiger partial charge in [0.15, 0.2) is 0 Å². The summed E-state index contributed by atoms with van der Waals surface area (Å²) in [6, 6.07) is 14.5. The van der Waals surface area contributed by atoms with Crippen LogP contribution in [-0.4, -0.2) is 25.8 Å². The number of rotatable bonds is 6. The molecule has 22 heavy (non-hydrogen) atoms. The number of methoxy groups -OCH3 is 1. The summed E-state index contributed by atoms with van der Waals surface area (Å²) >= 11 is 0. The van der Waals surface area contributed by atoms with Crippen LogP contribution in [0.3, 0.4) is 0 Å². The molecule has 0 saturated carbocycles. The summed E-state index contributed by atoms with van der Waals surface area (Å²) in [5, 5.41) is 3.98. The second-order valence-corrected chi connectivity index (χ2v) is 4.37. The minimum atomic E-state index is -0.331. The molecule has 2 aromatic carbocycles. The molecule has 0 atom stereocenters. The number of hydrogen-bond donors (Lipinski definition) is 1. The predicted molar refractivity (Wildman–Crippen MR) is 85.7 cm³/mol. The molecule has 0 unspecified atom stereocenters. The Morgan fingerprint density at radius 2 is 1.82 bits per heavy atom. The van der Waals surface area contributed by atoms with Crippen LogP contribution in [0.15, 0.2) is 53.6 Å². The first-order valence-electron chi connectivity index (χ1n) is 6.94. The minimum Gasteiger partial charge on any atom is -0.496 e. The third-order valence-electron chi connectivity index (χ3n) is 2.94. The molecule has 0 aliphatic carbocycles. The smallest absolute Gasteiger partial charge is 0.275 e. The predicted octanol–water partition coefficient (Wildman–Crippen LogP) is 2.86. The van der Waals surface area contributed by atoms with E-state index in [1.54, 1.807) is 30.5 Å². The summed E-state index contributed by atoms with van der Waals surface area (Å²) in [7, 11) is 1.52. The van der Waals surface area contributed by atoms with E-state index >= 15 is 0 Å². The number of ether oxygens (including phenoxy) is 2. The topological polar surface area (TPSA) is 59.9 Å². The number of para-hydroxylation sites is 2. The van der Waals surface area contributed by atoms with E-state index < -0.39 is 0 Å². The average Bonchev–Trinajstić information content (AvgIpc) is 2.56. The van der Waals surface area contributed by atoms with Gasteiger partial charge in [-0.15, -0.1) is 0 Å². The van der Waals surface area contributed by atoms with Gasteiger partial charge in [0.2, 0.25) is 0 Å². The lowest BCUT2D eigenvalue weighted by Gasteiger charge is -2.07. The van der Waals surface area contributed by atoms with Gasteiger partial charge in [0, 0.05) is 5.56 Å². The fourth-order valence-electron chi connectivity index (χ4n) is 1.93. The molecule has 0 aliphatic heterocycles. The van der Waals surface area contributed by atoms with Crippen LogP contribution in [0.4, 0.5) is 0 Å². The SMILES string of the molecule is CCOc1ccccc1C=NNC(=O)c1ccccc1OC. The van der Waals surface area contributed by atoms with Gasteiger partial charge < -0.3 is 9.47 Å². The molecule has 5 nitrogen and oxygen atoms in total. The lowest BCUT2D eigenvalue weighted by molar-refractivity contribution is 0.0952. The monoisotopic (exact) mass is 298 g/mol. The quantitative estimate of drug-likeness (QED) is 0.659. The summed E-state index contributed by atoms with van der Waals surface area (Å²) in [6.07, 6.45) is 1.55. The maximum atomic E-state index is 12.1. The number of carbonyl (C=O) groups is 1. The number of carbonyl (C=O) groups excluding carboxylic acids is 1. The summed E-state index contributed by atoms with van der Waals surface area (Å²) in [5.74, 6) is 0.896. The Labute approximate surface area is 129 Å². The van der Waals surface area contributed by atoms with E-state index in [-0.39, 0.29) is 5.91 Å². The van der Waals surface area contributed by atoms with Crippen molar-refractivity contribution in [2.24, 2.45) is 5.10 Å². The Morgan fingerprint density at radius 1 is 1.14 bits per heavy atom. The highest BCUT2D eigenvalue weighted by Crippen LogP contribution is 2.17. The molecule has 2 rings (SSSR count). The maximum absolute atomic E-state index is 12.1. The van der Waals surface area contributed by atoms with Gasteiger partial charge in [-0.2, -0.15) is 5.10 Å². The molecule has 2 aromatic rings. The van der Waals surface area contributed by atoms with Gasteiger partial charge in [-0.25, -0.2) is 5.43 Å². The first kappa shape index (κ1) is 15.6. The number of hydrogen-bond acceptors (Lipinski definition) is 4. The van der Waals surface area contributed by atoms with Crippen LogP contribution in [0.1, 0.15) is 22.8 Å². The van der Waals surface area contributed by atoms with Crippen LogP contribution in [0.25, 0.3) is 0 Å². The molecule has 0 aromatic heterocycles. The fourth-order valence-corrected chi connectivity index (χ4v) is 1.93. The Morgan fingerprint density at radius 3 is 2.55 bits per heavy atom. The molecule has 0 radical (unpaired) electrons. The van der Waals surface area contributed by atoms with E-state index in [0.29, 0.717) is 17.9 Å². The van der Waals surface area contributed by atoms with Crippen LogP contribution >= 0.6 is 0 Å². The molecule has 0 fully saturated rings. The highest BCUT2D eigenvalue weighted by molar-refractivity contribution is 5.97. The second kappa shape index (κ2) is 7.83. The first-order chi connectivity index (χ1) is 10.8. The van der Waals surface area contributed by atoms with E-state index in [1.165, 1.54) is 7.11 Å². The van der Waals surface area contributed by atoms with Crippen molar-refractivity contribution in [2.45, 2.75) is 6.92 Å². The molecule has 114 valence electrons. The number of benzene rings is 2. The largest absolute Gasteiger partial charge is 0.496 e. The van der Waals surface area contributed by atoms with Crippen LogP contribution in [0.5, 0.6) is 11.5 Å². The Hall–Kier alpha value is -2.82. The first-order valence-corrected chi connectivity index (χ1v) is 6.94. The minimum absolute atomic E-state index is 0.331. The molecular weight excluding hydrogens is 280 g/mol. The van der Waals surface area contributed by atoms with Gasteiger partial charge in [-0.05, 0) is 31.2 Å². The van der Waals surface area contributed by atoms with Crippen molar-refractivity contribution in [1.29, 1.82) is 0 Å². The molecular formula is C17H18N2O3. The molecule has 0 aliphatic rings. The van der Waals surface area contributed by atoms with Crippen molar-refractivity contribution in [3.63, 3.8) is 0 Å². The summed E-state index contributed by atoms with van der Waals surface area (Å²) in [4.78, 5) is 12.1. The van der Waals surface area contributed by atoms with Crippen molar-refractivity contribution in [3.05, 3.63) is 59.7 Å². The number of hydrazone groups is 1. The van der Waals surface area contributed by atoms with E-state index in [0.717, 1.165) is 11.3 Å². The molecule has 0 spiro atoms. The highest BCUT2D eigenvalue weighted by Gasteiger charge is 2.10. The molecule has 0 bridgehead atoms. The van der Waals surface area contributed by atoms with Crippen LogP contribution in [0.2, 0.25) is 0 Å². The van der Waals surface area contributed by atoms with E-state index in [2.05, 4.69) is 10.5 Å². The standard InChI is InChI=1S/C17H18N2O3/c1-3-22-15-10-6-4-8-13(15)12-18-19-17(20)14-9-5-7-11-16(14)21-2/h4-12H,3H2,1-2H3,(H,19,20). The van der Waals surface area contributed by atoms with E-state index in [1.807, 2.05) is 31.2 Å². The third kappa shape index (κ3) is 3.85. The molecule has 1 N–H and O–H groups in total. The normalized spacial score (nSPS) is 10.5. The molecule has 1 amide bonds. The van der Waals surface area contributed by atoms with Crippen LogP contribution in [0, 0.1) is 0 Å². The van der Waals surface area contributed by atoms with E-state index in [9.17, 15) is 4.79 Å². The maximum Gasteiger partial charge on any atom is 0.275 e. The summed E-state index contributed by atoms with van der Waals surface area (Å²) in [6.45, 7) is 2.48. The van der Waals surface area contributed by atoms with Crippen LogP contribution < -0.4 is 14.9 Å². The van der Waals surface area contributed by atoms with Crippen molar-refractivity contribution >= 4 is 12.1 Å². The second-order valence-electron chi connectivity index (χ2n) is 4.37. The zero-order chi connectivity index (χ0) is 15.8.